The van der Waals surface area contributed by atoms with Gasteiger partial charge in [-0.05, 0) is 36.2 Å². The average molecular weight is 561 g/mol. The average Bonchev–Trinajstić information content (AvgIpc) is 2.88. The Morgan fingerprint density at radius 2 is 1.76 bits per heavy atom. The summed E-state index contributed by atoms with van der Waals surface area (Å²) < 4.78 is 26.7. The molecule has 13 heteroatoms. The van der Waals surface area contributed by atoms with Crippen LogP contribution < -0.4 is 9.47 Å². The van der Waals surface area contributed by atoms with Gasteiger partial charge in [-0.1, -0.05) is 35.3 Å². The first-order valence-electron chi connectivity index (χ1n) is 11.0. The smallest absolute Gasteiger partial charge is 0.341 e. The van der Waals surface area contributed by atoms with Gasteiger partial charge >= 0.3 is 11.9 Å². The fourth-order valence-corrected chi connectivity index (χ4v) is 4.14. The number of aliphatic carboxylic acids is 1. The van der Waals surface area contributed by atoms with Crippen molar-refractivity contribution in [2.75, 3.05) is 20.3 Å². The zero-order valence-electron chi connectivity index (χ0n) is 19.8. The Bertz CT molecular complexity index is 1110. The third-order valence-electron chi connectivity index (χ3n) is 5.61. The van der Waals surface area contributed by atoms with E-state index in [1.165, 1.54) is 13.2 Å². The summed E-state index contributed by atoms with van der Waals surface area (Å²) in [6.07, 6.45) is -6.86. The SMILES string of the molecule is CO[C@H]1O[C@H](CO)[C@@H](O)[C@H](O)[C@H]1OC(=O)c1cc(Cl)c(OCc2ccc(OCC(=O)O)cc2)c(Cl)c1C. The van der Waals surface area contributed by atoms with E-state index in [0.717, 1.165) is 0 Å². The molecule has 0 aromatic heterocycles. The summed E-state index contributed by atoms with van der Waals surface area (Å²) in [4.78, 5) is 23.5. The van der Waals surface area contributed by atoms with E-state index >= 15 is 0 Å². The number of esters is 1. The maximum absolute atomic E-state index is 12.9. The van der Waals surface area contributed by atoms with E-state index in [0.29, 0.717) is 11.3 Å². The summed E-state index contributed by atoms with van der Waals surface area (Å²) in [5.74, 6) is -1.49. The third-order valence-corrected chi connectivity index (χ3v) is 6.35. The molecule has 4 N–H and O–H groups in total. The first-order valence-corrected chi connectivity index (χ1v) is 11.7. The van der Waals surface area contributed by atoms with E-state index in [1.54, 1.807) is 31.2 Å². The minimum absolute atomic E-state index is 0.0110. The minimum Gasteiger partial charge on any atom is -0.486 e. The van der Waals surface area contributed by atoms with Crippen LogP contribution in [0.1, 0.15) is 21.5 Å². The molecule has 0 saturated carbocycles. The number of carboxylic acids is 1. The zero-order chi connectivity index (χ0) is 27.3. The van der Waals surface area contributed by atoms with Crippen LogP contribution in [-0.4, -0.2) is 83.4 Å². The molecular weight excluding hydrogens is 535 g/mol. The fourth-order valence-electron chi connectivity index (χ4n) is 3.58. The first kappa shape index (κ1) is 28.9. The van der Waals surface area contributed by atoms with E-state index in [9.17, 15) is 24.9 Å². The quantitative estimate of drug-likeness (QED) is 0.314. The number of carbonyl (C=O) groups is 2. The molecule has 1 fully saturated rings. The molecule has 11 nitrogen and oxygen atoms in total. The van der Waals surface area contributed by atoms with Gasteiger partial charge in [0.05, 0.1) is 22.2 Å². The number of carboxylic acid groups (broad SMARTS) is 1. The van der Waals surface area contributed by atoms with Crippen LogP contribution in [0.25, 0.3) is 0 Å². The Labute approximate surface area is 222 Å². The lowest BCUT2D eigenvalue weighted by Crippen LogP contribution is -2.60. The highest BCUT2D eigenvalue weighted by atomic mass is 35.5. The second kappa shape index (κ2) is 12.7. The van der Waals surface area contributed by atoms with Crippen LogP contribution in [0, 0.1) is 6.92 Å². The highest BCUT2D eigenvalue weighted by Crippen LogP contribution is 2.39. The molecule has 3 rings (SSSR count). The van der Waals surface area contributed by atoms with Gasteiger partial charge in [0.2, 0.25) is 0 Å². The van der Waals surface area contributed by atoms with Crippen LogP contribution in [0.2, 0.25) is 10.0 Å². The maximum atomic E-state index is 12.9. The number of halogens is 2. The first-order chi connectivity index (χ1) is 17.6. The van der Waals surface area contributed by atoms with Crippen molar-refractivity contribution < 1.29 is 53.7 Å². The molecule has 0 radical (unpaired) electrons. The normalized spacial score (nSPS) is 23.4. The molecule has 2 aromatic carbocycles. The molecule has 0 spiro atoms. The fraction of sp³-hybridized carbons (Fsp3) is 0.417. The molecule has 202 valence electrons. The summed E-state index contributed by atoms with van der Waals surface area (Å²) in [5, 5.41) is 38.6. The van der Waals surface area contributed by atoms with E-state index in [1.807, 2.05) is 0 Å². The van der Waals surface area contributed by atoms with Crippen molar-refractivity contribution in [3.63, 3.8) is 0 Å². The number of carbonyl (C=O) groups excluding carboxylic acids is 1. The van der Waals surface area contributed by atoms with Gasteiger partial charge in [0.25, 0.3) is 0 Å². The van der Waals surface area contributed by atoms with Gasteiger partial charge in [-0.2, -0.15) is 0 Å². The third kappa shape index (κ3) is 6.82. The van der Waals surface area contributed by atoms with Gasteiger partial charge in [-0.25, -0.2) is 9.59 Å². The Balaban J connectivity index is 1.72. The molecule has 5 atom stereocenters. The zero-order valence-corrected chi connectivity index (χ0v) is 21.3. The molecule has 1 aliphatic rings. The standard InChI is InChI=1S/C24H26Cl2O11/c1-11-14(23(32)37-22-20(31)19(30)16(8-27)36-24(22)33-2)7-15(25)21(18(11)26)35-9-12-3-5-13(6-4-12)34-10-17(28)29/h3-7,16,19-20,22,24,27,30-31H,8-10H2,1-2H3,(H,28,29)/t16-,19-,20+,22-,24+/m1/s1. The van der Waals surface area contributed by atoms with E-state index < -0.39 is 55.9 Å². The van der Waals surface area contributed by atoms with Crippen LogP contribution in [0.5, 0.6) is 11.5 Å². The van der Waals surface area contributed by atoms with Crippen molar-refractivity contribution in [1.82, 2.24) is 0 Å². The molecule has 37 heavy (non-hydrogen) atoms. The Morgan fingerprint density at radius 3 is 2.35 bits per heavy atom. The number of hydrogen-bond donors (Lipinski definition) is 4. The Morgan fingerprint density at radius 1 is 1.08 bits per heavy atom. The van der Waals surface area contributed by atoms with E-state index in [4.69, 9.17) is 52.0 Å². The van der Waals surface area contributed by atoms with Gasteiger partial charge in [0.1, 0.15) is 30.7 Å². The van der Waals surface area contributed by atoms with Crippen LogP contribution in [0.15, 0.2) is 30.3 Å². The summed E-state index contributed by atoms with van der Waals surface area (Å²) in [5.41, 5.74) is 0.994. The lowest BCUT2D eigenvalue weighted by Gasteiger charge is -2.40. The van der Waals surface area contributed by atoms with Gasteiger partial charge in [-0.15, -0.1) is 0 Å². The molecule has 1 saturated heterocycles. The Kier molecular flexibility index (Phi) is 9.96. The number of rotatable bonds is 10. The predicted octanol–water partition coefficient (Wildman–Crippen LogP) is 1.96. The predicted molar refractivity (Wildman–Crippen MR) is 129 cm³/mol. The molecule has 0 unspecified atom stereocenters. The summed E-state index contributed by atoms with van der Waals surface area (Å²) in [6.45, 7) is 0.576. The second-order valence-electron chi connectivity index (χ2n) is 8.10. The molecular formula is C24H26Cl2O11. The number of aliphatic hydroxyl groups excluding tert-OH is 3. The van der Waals surface area contributed by atoms with Crippen molar-refractivity contribution in [2.24, 2.45) is 0 Å². The molecule has 1 heterocycles. The van der Waals surface area contributed by atoms with Crippen LogP contribution in [0.3, 0.4) is 0 Å². The lowest BCUT2D eigenvalue weighted by atomic mass is 9.99. The maximum Gasteiger partial charge on any atom is 0.341 e. The second-order valence-corrected chi connectivity index (χ2v) is 8.89. The van der Waals surface area contributed by atoms with Gasteiger partial charge in [0, 0.05) is 7.11 Å². The summed E-state index contributed by atoms with van der Waals surface area (Å²) in [6, 6.07) is 7.83. The van der Waals surface area contributed by atoms with Crippen molar-refractivity contribution in [2.45, 2.75) is 44.2 Å². The molecule has 1 aliphatic heterocycles. The Hall–Kier alpha value is -2.64. The van der Waals surface area contributed by atoms with Crippen molar-refractivity contribution in [3.05, 3.63) is 57.1 Å². The number of aliphatic hydroxyl groups is 3. The molecule has 0 aliphatic carbocycles. The topological polar surface area (TPSA) is 161 Å². The van der Waals surface area contributed by atoms with Gasteiger partial charge in [0.15, 0.2) is 24.8 Å². The van der Waals surface area contributed by atoms with Gasteiger partial charge < -0.3 is 44.1 Å². The highest BCUT2D eigenvalue weighted by molar-refractivity contribution is 6.38. The number of ether oxygens (including phenoxy) is 5. The monoisotopic (exact) mass is 560 g/mol. The van der Waals surface area contributed by atoms with Crippen LogP contribution in [-0.2, 0) is 25.6 Å². The minimum atomic E-state index is -1.59. The van der Waals surface area contributed by atoms with Crippen molar-refractivity contribution in [1.29, 1.82) is 0 Å². The molecule has 0 bridgehead atoms. The van der Waals surface area contributed by atoms with Crippen LogP contribution >= 0.6 is 23.2 Å². The molecule has 0 amide bonds. The van der Waals surface area contributed by atoms with Gasteiger partial charge in [-0.3, -0.25) is 0 Å². The summed E-state index contributed by atoms with van der Waals surface area (Å²) >= 11 is 12.8. The largest absolute Gasteiger partial charge is 0.486 e. The number of methoxy groups -OCH3 is 1. The molecule has 2 aromatic rings. The van der Waals surface area contributed by atoms with Crippen LogP contribution in [0.4, 0.5) is 0 Å². The van der Waals surface area contributed by atoms with Crippen molar-refractivity contribution in [3.8, 4) is 11.5 Å². The number of benzene rings is 2. The van der Waals surface area contributed by atoms with E-state index in [2.05, 4.69) is 0 Å². The lowest BCUT2D eigenvalue weighted by molar-refractivity contribution is -0.293. The number of hydrogen-bond acceptors (Lipinski definition) is 10. The highest BCUT2D eigenvalue weighted by Gasteiger charge is 2.47. The summed E-state index contributed by atoms with van der Waals surface area (Å²) in [7, 11) is 1.26. The van der Waals surface area contributed by atoms with E-state index in [-0.39, 0.29) is 33.5 Å². The van der Waals surface area contributed by atoms with Crippen molar-refractivity contribution >= 4 is 35.1 Å².